The van der Waals surface area contributed by atoms with Gasteiger partial charge in [0.1, 0.15) is 0 Å². The molecule has 0 fully saturated rings. The molecular weight excluding hydrogens is 466 g/mol. The number of hydrogen-bond donors (Lipinski definition) is 0. The van der Waals surface area contributed by atoms with Crippen molar-refractivity contribution >= 4 is 22.0 Å². The van der Waals surface area contributed by atoms with E-state index in [1.807, 2.05) is 33.8 Å². The minimum absolute atomic E-state index is 0.0361. The van der Waals surface area contributed by atoms with Crippen LogP contribution in [0, 0.1) is 29.6 Å². The lowest BCUT2D eigenvalue weighted by Crippen LogP contribution is -2.40. The number of sulfonamides is 1. The number of ether oxygens (including phenoxy) is 2. The molecule has 0 aromatic heterocycles. The zero-order valence-corrected chi connectivity index (χ0v) is 22.2. The van der Waals surface area contributed by atoms with Crippen molar-refractivity contribution in [2.45, 2.75) is 45.4 Å². The molecular formula is C27H35NO6S. The number of methoxy groups -OCH3 is 2. The number of hydrogen-bond acceptors (Lipinski definition) is 6. The number of carbonyl (C=O) groups excluding carboxylic acids is 2. The second-order valence-electron chi connectivity index (χ2n) is 9.08. The monoisotopic (exact) mass is 501 g/mol. The normalized spacial score (nSPS) is 11.5. The van der Waals surface area contributed by atoms with Gasteiger partial charge in [-0.15, -0.1) is 18.2 Å². The summed E-state index contributed by atoms with van der Waals surface area (Å²) in [6.07, 6.45) is 4.61. The fraction of sp³-hybridized carbons (Fsp3) is 0.444. The standard InChI is InChI=1S/C27H35NO6S/c1-8-20-28(35(31,32)23-15-13-22(2)14-16-23)21-12-11-19-27(24(29)33-6,25(30)34-7)18-10-9-17-26(3,4)5/h8,10,13-17H,1,18-21H2,2-7H3. The highest BCUT2D eigenvalue weighted by Gasteiger charge is 2.47. The van der Waals surface area contributed by atoms with E-state index in [1.54, 1.807) is 18.2 Å². The Kier molecular flexibility index (Phi) is 11.2. The second-order valence-corrected chi connectivity index (χ2v) is 11.0. The zero-order chi connectivity index (χ0) is 26.7. The number of aryl methyl sites for hydroxylation is 1. The lowest BCUT2D eigenvalue weighted by molar-refractivity contribution is -0.168. The van der Waals surface area contributed by atoms with Crippen LogP contribution in [-0.2, 0) is 29.1 Å². The summed E-state index contributed by atoms with van der Waals surface area (Å²) in [4.78, 5) is 25.5. The van der Waals surface area contributed by atoms with E-state index >= 15 is 0 Å². The Morgan fingerprint density at radius 2 is 1.63 bits per heavy atom. The maximum atomic E-state index is 13.0. The fourth-order valence-electron chi connectivity index (χ4n) is 3.01. The summed E-state index contributed by atoms with van der Waals surface area (Å²) in [5, 5.41) is 0. The Hall–Kier alpha value is -3.11. The fourth-order valence-corrected chi connectivity index (χ4v) is 4.32. The molecule has 35 heavy (non-hydrogen) atoms. The molecule has 0 saturated heterocycles. The van der Waals surface area contributed by atoms with E-state index in [4.69, 9.17) is 9.47 Å². The largest absolute Gasteiger partial charge is 0.468 e. The van der Waals surface area contributed by atoms with E-state index in [1.165, 1.54) is 36.7 Å². The summed E-state index contributed by atoms with van der Waals surface area (Å²) < 4.78 is 37.0. The van der Waals surface area contributed by atoms with Gasteiger partial charge in [0.15, 0.2) is 5.41 Å². The quantitative estimate of drug-likeness (QED) is 0.158. The van der Waals surface area contributed by atoms with E-state index in [9.17, 15) is 18.0 Å². The minimum Gasteiger partial charge on any atom is -0.468 e. The van der Waals surface area contributed by atoms with Gasteiger partial charge in [0.2, 0.25) is 10.0 Å². The van der Waals surface area contributed by atoms with Crippen molar-refractivity contribution < 1.29 is 27.5 Å². The smallest absolute Gasteiger partial charge is 0.324 e. The highest BCUT2D eigenvalue weighted by molar-refractivity contribution is 7.89. The zero-order valence-electron chi connectivity index (χ0n) is 21.4. The van der Waals surface area contributed by atoms with Crippen molar-refractivity contribution in [3.63, 3.8) is 0 Å². The molecule has 0 N–H and O–H groups in total. The first-order valence-corrected chi connectivity index (χ1v) is 12.5. The summed E-state index contributed by atoms with van der Waals surface area (Å²) in [6, 6.07) is 6.50. The molecule has 1 aromatic carbocycles. The van der Waals surface area contributed by atoms with E-state index in [2.05, 4.69) is 24.2 Å². The van der Waals surface area contributed by atoms with Gasteiger partial charge in [-0.05, 0) is 36.6 Å². The summed E-state index contributed by atoms with van der Waals surface area (Å²) in [5.74, 6) is 3.98. The van der Waals surface area contributed by atoms with Crippen LogP contribution in [0.4, 0.5) is 0 Å². The van der Waals surface area contributed by atoms with Crippen LogP contribution < -0.4 is 0 Å². The molecule has 0 atom stereocenters. The van der Waals surface area contributed by atoms with Crippen molar-refractivity contribution in [3.05, 3.63) is 60.4 Å². The van der Waals surface area contributed by atoms with E-state index in [-0.39, 0.29) is 36.2 Å². The van der Waals surface area contributed by atoms with Gasteiger partial charge in [-0.25, -0.2) is 8.42 Å². The van der Waals surface area contributed by atoms with Gasteiger partial charge in [0, 0.05) is 19.4 Å². The van der Waals surface area contributed by atoms with Crippen molar-refractivity contribution in [1.82, 2.24) is 4.31 Å². The van der Waals surface area contributed by atoms with Crippen molar-refractivity contribution in [3.8, 4) is 11.8 Å². The lowest BCUT2D eigenvalue weighted by atomic mass is 9.81. The van der Waals surface area contributed by atoms with Crippen LogP contribution >= 0.6 is 0 Å². The maximum absolute atomic E-state index is 13.0. The van der Waals surface area contributed by atoms with Gasteiger partial charge in [-0.2, -0.15) is 4.31 Å². The molecule has 0 aliphatic carbocycles. The summed E-state index contributed by atoms with van der Waals surface area (Å²) in [7, 11) is -1.45. The molecule has 1 aromatic rings. The molecule has 0 amide bonds. The van der Waals surface area contributed by atoms with E-state index in [0.717, 1.165) is 5.56 Å². The van der Waals surface area contributed by atoms with Crippen LogP contribution in [0.2, 0.25) is 0 Å². The SMILES string of the molecule is C=CCN(CC#CCC(CC=C=CC(C)(C)C)(C(=O)OC)C(=O)OC)S(=O)(=O)c1ccc(C)cc1. The van der Waals surface area contributed by atoms with Gasteiger partial charge >= 0.3 is 11.9 Å². The third kappa shape index (κ3) is 8.56. The first kappa shape index (κ1) is 29.9. The summed E-state index contributed by atoms with van der Waals surface area (Å²) in [5.41, 5.74) is 2.10. The van der Waals surface area contributed by atoms with Crippen LogP contribution in [0.3, 0.4) is 0 Å². The topological polar surface area (TPSA) is 90.0 Å². The second kappa shape index (κ2) is 13.1. The Labute approximate surface area is 209 Å². The molecule has 0 heterocycles. The predicted molar refractivity (Wildman–Crippen MR) is 136 cm³/mol. The predicted octanol–water partition coefficient (Wildman–Crippen LogP) is 4.05. The molecule has 8 heteroatoms. The number of allylic oxidation sites excluding steroid dienone is 1. The van der Waals surface area contributed by atoms with Gasteiger partial charge in [-0.1, -0.05) is 50.5 Å². The third-order valence-electron chi connectivity index (χ3n) is 5.00. The van der Waals surface area contributed by atoms with Crippen LogP contribution in [0.5, 0.6) is 0 Å². The maximum Gasteiger partial charge on any atom is 0.324 e. The molecule has 0 aliphatic rings. The average Bonchev–Trinajstić information content (AvgIpc) is 2.80. The number of esters is 2. The van der Waals surface area contributed by atoms with Crippen LogP contribution in [0.1, 0.15) is 39.2 Å². The van der Waals surface area contributed by atoms with E-state index in [0.29, 0.717) is 0 Å². The number of nitrogens with zero attached hydrogens (tertiary/aromatic N) is 1. The molecule has 190 valence electrons. The third-order valence-corrected chi connectivity index (χ3v) is 6.82. The number of benzene rings is 1. The lowest BCUT2D eigenvalue weighted by Gasteiger charge is -2.24. The number of rotatable bonds is 10. The average molecular weight is 502 g/mol. The van der Waals surface area contributed by atoms with Crippen molar-refractivity contribution in [2.24, 2.45) is 10.8 Å². The molecule has 0 spiro atoms. The van der Waals surface area contributed by atoms with Gasteiger partial charge < -0.3 is 9.47 Å². The highest BCUT2D eigenvalue weighted by Crippen LogP contribution is 2.31. The molecule has 1 rings (SSSR count). The molecule has 7 nitrogen and oxygen atoms in total. The van der Waals surface area contributed by atoms with Crippen LogP contribution in [0.15, 0.2) is 59.7 Å². The summed E-state index contributed by atoms with van der Waals surface area (Å²) >= 11 is 0. The van der Waals surface area contributed by atoms with Gasteiger partial charge in [0.05, 0.1) is 25.7 Å². The van der Waals surface area contributed by atoms with Gasteiger partial charge in [0.25, 0.3) is 0 Å². The van der Waals surface area contributed by atoms with Gasteiger partial charge in [-0.3, -0.25) is 9.59 Å². The first-order chi connectivity index (χ1) is 16.3. The molecule has 0 radical (unpaired) electrons. The molecule has 0 bridgehead atoms. The Bertz CT molecular complexity index is 1110. The molecule has 0 saturated carbocycles. The first-order valence-electron chi connectivity index (χ1n) is 11.1. The Morgan fingerprint density at radius 3 is 2.11 bits per heavy atom. The minimum atomic E-state index is -3.81. The highest BCUT2D eigenvalue weighted by atomic mass is 32.2. The number of carbonyl (C=O) groups is 2. The molecule has 0 aliphatic heterocycles. The van der Waals surface area contributed by atoms with Crippen molar-refractivity contribution in [1.29, 1.82) is 0 Å². The van der Waals surface area contributed by atoms with Crippen molar-refractivity contribution in [2.75, 3.05) is 27.3 Å². The Morgan fingerprint density at radius 1 is 1.06 bits per heavy atom. The van der Waals surface area contributed by atoms with Crippen LogP contribution in [-0.4, -0.2) is 52.0 Å². The summed E-state index contributed by atoms with van der Waals surface area (Å²) in [6.45, 7) is 11.4. The van der Waals surface area contributed by atoms with Crippen LogP contribution in [0.25, 0.3) is 0 Å². The molecule has 0 unspecified atom stereocenters. The van der Waals surface area contributed by atoms with E-state index < -0.39 is 27.4 Å². The Balaban J connectivity index is 3.25.